The average molecular weight is 299 g/mol. The number of hydrogen-bond donors (Lipinski definition) is 0. The number of anilines is 1. The summed E-state index contributed by atoms with van der Waals surface area (Å²) in [7, 11) is 3.45. The summed E-state index contributed by atoms with van der Waals surface area (Å²) in [5.74, 6) is 1.98. The van der Waals surface area contributed by atoms with E-state index in [1.807, 2.05) is 12.1 Å². The molecule has 0 bridgehead atoms. The quantitative estimate of drug-likeness (QED) is 0.871. The van der Waals surface area contributed by atoms with Gasteiger partial charge in [-0.2, -0.15) is 0 Å². The van der Waals surface area contributed by atoms with Crippen molar-refractivity contribution in [2.24, 2.45) is 7.05 Å². The first-order valence-corrected chi connectivity index (χ1v) is 7.59. The maximum absolute atomic E-state index is 12.1. The van der Waals surface area contributed by atoms with Crippen molar-refractivity contribution in [3.8, 4) is 5.75 Å². The molecule has 1 aliphatic rings. The van der Waals surface area contributed by atoms with Gasteiger partial charge >= 0.3 is 0 Å². The van der Waals surface area contributed by atoms with E-state index in [0.29, 0.717) is 11.7 Å². The topological polar surface area (TPSA) is 47.4 Å². The van der Waals surface area contributed by atoms with Crippen molar-refractivity contribution in [3.63, 3.8) is 0 Å². The average Bonchev–Trinajstić information content (AvgIpc) is 2.58. The van der Waals surface area contributed by atoms with Gasteiger partial charge in [0.1, 0.15) is 5.75 Å². The number of ether oxygens (including phenoxy) is 1. The van der Waals surface area contributed by atoms with Crippen LogP contribution in [0, 0.1) is 0 Å². The number of nitrogens with zero attached hydrogens (tertiary/aromatic N) is 3. The molecule has 0 saturated carbocycles. The molecule has 2 aromatic rings. The molecule has 0 amide bonds. The van der Waals surface area contributed by atoms with Crippen LogP contribution in [-0.2, 0) is 7.05 Å². The van der Waals surface area contributed by atoms with Crippen LogP contribution < -0.4 is 15.2 Å². The van der Waals surface area contributed by atoms with Gasteiger partial charge in [0.25, 0.3) is 5.56 Å². The minimum atomic E-state index is -0.0256. The van der Waals surface area contributed by atoms with Crippen LogP contribution in [0.25, 0.3) is 0 Å². The molecule has 0 aliphatic carbocycles. The number of methoxy groups -OCH3 is 1. The van der Waals surface area contributed by atoms with E-state index >= 15 is 0 Å². The lowest BCUT2D eigenvalue weighted by Gasteiger charge is -2.32. The van der Waals surface area contributed by atoms with Gasteiger partial charge < -0.3 is 14.2 Å². The van der Waals surface area contributed by atoms with Gasteiger partial charge in [-0.3, -0.25) is 4.79 Å². The Morgan fingerprint density at radius 2 is 2.05 bits per heavy atom. The third kappa shape index (κ3) is 2.84. The Kier molecular flexibility index (Phi) is 4.13. The number of aryl methyl sites for hydroxylation is 1. The van der Waals surface area contributed by atoms with Gasteiger partial charge in [-0.25, -0.2) is 4.98 Å². The van der Waals surface area contributed by atoms with E-state index in [1.165, 1.54) is 5.56 Å². The Bertz CT molecular complexity index is 703. The standard InChI is InChI=1S/C17H21N3O2/c1-19-11-8-18-16(17(19)21)20-9-6-13(7-10-20)14-4-3-5-15(12-14)22-2/h3-5,8,11-13H,6-7,9-10H2,1-2H3. The molecule has 3 rings (SSSR count). The Morgan fingerprint density at radius 3 is 2.77 bits per heavy atom. The van der Waals surface area contributed by atoms with Crippen LogP contribution in [0.1, 0.15) is 24.3 Å². The van der Waals surface area contributed by atoms with Crippen LogP contribution in [-0.4, -0.2) is 29.8 Å². The fourth-order valence-electron chi connectivity index (χ4n) is 3.02. The number of aromatic nitrogens is 2. The molecule has 22 heavy (non-hydrogen) atoms. The first-order valence-electron chi connectivity index (χ1n) is 7.59. The second kappa shape index (κ2) is 6.22. The van der Waals surface area contributed by atoms with Crippen LogP contribution >= 0.6 is 0 Å². The van der Waals surface area contributed by atoms with Gasteiger partial charge in [0.2, 0.25) is 0 Å². The summed E-state index contributed by atoms with van der Waals surface area (Å²) in [6, 6.07) is 8.27. The van der Waals surface area contributed by atoms with Gasteiger partial charge in [0, 0.05) is 32.5 Å². The highest BCUT2D eigenvalue weighted by molar-refractivity contribution is 5.38. The zero-order valence-electron chi connectivity index (χ0n) is 13.0. The first-order chi connectivity index (χ1) is 10.7. The molecule has 1 aromatic carbocycles. The summed E-state index contributed by atoms with van der Waals surface area (Å²) < 4.78 is 6.88. The normalized spacial score (nSPS) is 15.8. The molecule has 1 aromatic heterocycles. The Balaban J connectivity index is 1.72. The Labute approximate surface area is 130 Å². The van der Waals surface area contributed by atoms with Gasteiger partial charge in [0.05, 0.1) is 7.11 Å². The third-order valence-corrected chi connectivity index (χ3v) is 4.36. The molecule has 2 heterocycles. The minimum Gasteiger partial charge on any atom is -0.497 e. The number of benzene rings is 1. The molecular formula is C17H21N3O2. The molecule has 5 heteroatoms. The molecule has 0 N–H and O–H groups in total. The Hall–Kier alpha value is -2.30. The van der Waals surface area contributed by atoms with E-state index in [2.05, 4.69) is 22.0 Å². The van der Waals surface area contributed by atoms with E-state index in [1.54, 1.807) is 31.1 Å². The van der Waals surface area contributed by atoms with E-state index in [-0.39, 0.29) is 5.56 Å². The van der Waals surface area contributed by atoms with E-state index in [9.17, 15) is 4.79 Å². The summed E-state index contributed by atoms with van der Waals surface area (Å²) in [6.45, 7) is 1.71. The molecule has 0 atom stereocenters. The predicted octanol–water partition coefficient (Wildman–Crippen LogP) is 2.17. The van der Waals surface area contributed by atoms with Crippen molar-refractivity contribution in [1.82, 2.24) is 9.55 Å². The molecule has 0 spiro atoms. The summed E-state index contributed by atoms with van der Waals surface area (Å²) >= 11 is 0. The number of hydrogen-bond acceptors (Lipinski definition) is 4. The summed E-state index contributed by atoms with van der Waals surface area (Å²) in [5.41, 5.74) is 1.29. The van der Waals surface area contributed by atoms with Gasteiger partial charge in [-0.15, -0.1) is 0 Å². The molecule has 1 aliphatic heterocycles. The first kappa shape index (κ1) is 14.6. The third-order valence-electron chi connectivity index (χ3n) is 4.36. The van der Waals surface area contributed by atoms with Crippen molar-refractivity contribution in [1.29, 1.82) is 0 Å². The van der Waals surface area contributed by atoms with Crippen LogP contribution in [0.4, 0.5) is 5.82 Å². The molecule has 1 saturated heterocycles. The Morgan fingerprint density at radius 1 is 1.27 bits per heavy atom. The van der Waals surface area contributed by atoms with Crippen molar-refractivity contribution in [2.45, 2.75) is 18.8 Å². The van der Waals surface area contributed by atoms with Crippen LogP contribution in [0.3, 0.4) is 0 Å². The summed E-state index contributed by atoms with van der Waals surface area (Å²) in [4.78, 5) is 18.5. The molecule has 0 unspecified atom stereocenters. The zero-order valence-corrected chi connectivity index (χ0v) is 13.0. The molecule has 116 valence electrons. The molecule has 1 fully saturated rings. The summed E-state index contributed by atoms with van der Waals surface area (Å²) in [5, 5.41) is 0. The van der Waals surface area contributed by atoms with Crippen molar-refractivity contribution in [3.05, 3.63) is 52.6 Å². The van der Waals surface area contributed by atoms with Crippen LogP contribution in [0.2, 0.25) is 0 Å². The lowest BCUT2D eigenvalue weighted by molar-refractivity contribution is 0.412. The van der Waals surface area contributed by atoms with Crippen LogP contribution in [0.15, 0.2) is 41.5 Å². The zero-order chi connectivity index (χ0) is 15.5. The number of piperidine rings is 1. The summed E-state index contributed by atoms with van der Waals surface area (Å²) in [6.07, 6.45) is 5.42. The largest absolute Gasteiger partial charge is 0.497 e. The fourth-order valence-corrected chi connectivity index (χ4v) is 3.02. The maximum atomic E-state index is 12.1. The highest BCUT2D eigenvalue weighted by Crippen LogP contribution is 2.30. The van der Waals surface area contributed by atoms with Gasteiger partial charge in [-0.1, -0.05) is 12.1 Å². The smallest absolute Gasteiger partial charge is 0.293 e. The lowest BCUT2D eigenvalue weighted by Crippen LogP contribution is -2.38. The second-order valence-electron chi connectivity index (χ2n) is 5.70. The van der Waals surface area contributed by atoms with Crippen LogP contribution in [0.5, 0.6) is 5.75 Å². The van der Waals surface area contributed by atoms with E-state index < -0.39 is 0 Å². The maximum Gasteiger partial charge on any atom is 0.293 e. The fraction of sp³-hybridized carbons (Fsp3) is 0.412. The second-order valence-corrected chi connectivity index (χ2v) is 5.70. The molecule has 5 nitrogen and oxygen atoms in total. The van der Waals surface area contributed by atoms with E-state index in [0.717, 1.165) is 31.7 Å². The highest BCUT2D eigenvalue weighted by Gasteiger charge is 2.23. The monoisotopic (exact) mass is 299 g/mol. The number of rotatable bonds is 3. The van der Waals surface area contributed by atoms with Crippen molar-refractivity contribution in [2.75, 3.05) is 25.1 Å². The minimum absolute atomic E-state index is 0.0256. The van der Waals surface area contributed by atoms with Crippen molar-refractivity contribution < 1.29 is 4.74 Å². The van der Waals surface area contributed by atoms with Gasteiger partial charge in [-0.05, 0) is 36.5 Å². The lowest BCUT2D eigenvalue weighted by atomic mass is 9.89. The molecular weight excluding hydrogens is 278 g/mol. The predicted molar refractivity (Wildman–Crippen MR) is 86.7 cm³/mol. The van der Waals surface area contributed by atoms with E-state index in [4.69, 9.17) is 4.74 Å². The molecule has 0 radical (unpaired) electrons. The van der Waals surface area contributed by atoms with Crippen molar-refractivity contribution >= 4 is 5.82 Å². The van der Waals surface area contributed by atoms with Gasteiger partial charge in [0.15, 0.2) is 5.82 Å². The highest BCUT2D eigenvalue weighted by atomic mass is 16.5. The SMILES string of the molecule is COc1cccc(C2CCN(c3nccn(C)c3=O)CC2)c1.